The number of aryl methyl sites for hydroxylation is 1. The zero-order valence-corrected chi connectivity index (χ0v) is 23.1. The first-order valence-corrected chi connectivity index (χ1v) is 14.9. The van der Waals surface area contributed by atoms with E-state index in [0.29, 0.717) is 23.9 Å². The number of rotatable bonds is 6. The predicted octanol–water partition coefficient (Wildman–Crippen LogP) is 2.85. The molecule has 2 aromatic rings. The summed E-state index contributed by atoms with van der Waals surface area (Å²) in [6.07, 6.45) is 3.31. The number of nitrogens with zero attached hydrogens (tertiary/aromatic N) is 4. The number of amides is 1. The molecule has 8 nitrogen and oxygen atoms in total. The van der Waals surface area contributed by atoms with Gasteiger partial charge in [0.15, 0.2) is 0 Å². The Balaban J connectivity index is 1.12. The number of halogens is 3. The van der Waals surface area contributed by atoms with Gasteiger partial charge in [-0.1, -0.05) is 0 Å². The van der Waals surface area contributed by atoms with Crippen LogP contribution in [0.3, 0.4) is 0 Å². The highest BCUT2D eigenvalue weighted by Crippen LogP contribution is 2.45. The highest BCUT2D eigenvalue weighted by Gasteiger charge is 2.40. The lowest BCUT2D eigenvalue weighted by molar-refractivity contribution is -0.138. The fourth-order valence-corrected chi connectivity index (χ4v) is 8.17. The molecule has 1 amide bonds. The molecule has 40 heavy (non-hydrogen) atoms. The largest absolute Gasteiger partial charge is 0.416 e. The van der Waals surface area contributed by atoms with Crippen LogP contribution in [0.5, 0.6) is 0 Å². The Bertz CT molecular complexity index is 1300. The zero-order chi connectivity index (χ0) is 27.9. The van der Waals surface area contributed by atoms with E-state index >= 15 is 0 Å². The Morgan fingerprint density at radius 3 is 2.77 bits per heavy atom. The van der Waals surface area contributed by atoms with Gasteiger partial charge in [-0.05, 0) is 48.9 Å². The average Bonchev–Trinajstić information content (AvgIpc) is 3.52. The van der Waals surface area contributed by atoms with Gasteiger partial charge in [0.25, 0.3) is 5.56 Å². The normalized spacial score (nSPS) is 26.0. The predicted molar refractivity (Wildman–Crippen MR) is 145 cm³/mol. The van der Waals surface area contributed by atoms with E-state index in [1.54, 1.807) is 0 Å². The monoisotopic (exact) mass is 577 g/mol. The number of aromatic nitrogens is 2. The van der Waals surface area contributed by atoms with Crippen molar-refractivity contribution in [3.63, 3.8) is 0 Å². The average molecular weight is 578 g/mol. The van der Waals surface area contributed by atoms with Crippen LogP contribution in [0.4, 0.5) is 13.2 Å². The van der Waals surface area contributed by atoms with E-state index < -0.39 is 17.3 Å². The van der Waals surface area contributed by atoms with E-state index in [9.17, 15) is 22.8 Å². The number of alkyl halides is 3. The maximum atomic E-state index is 13.3. The summed E-state index contributed by atoms with van der Waals surface area (Å²) >= 11 is 1.93. The maximum absolute atomic E-state index is 13.3. The van der Waals surface area contributed by atoms with Crippen LogP contribution in [0.15, 0.2) is 35.4 Å². The fraction of sp³-hybridized carbons (Fsp3) is 0.607. The topological polar surface area (TPSA) is 79.7 Å². The Morgan fingerprint density at radius 1 is 1.15 bits per heavy atom. The molecule has 3 aliphatic heterocycles. The summed E-state index contributed by atoms with van der Waals surface area (Å²) in [5.74, 6) is -0.138. The summed E-state index contributed by atoms with van der Waals surface area (Å²) in [5, 5.41) is 3.85. The summed E-state index contributed by atoms with van der Waals surface area (Å²) in [5.41, 5.74) is 1.33. The van der Waals surface area contributed by atoms with Crippen molar-refractivity contribution in [2.75, 3.05) is 39.4 Å². The molecule has 12 heteroatoms. The molecule has 0 aromatic carbocycles. The molecule has 1 aliphatic carbocycles. The minimum atomic E-state index is -4.59. The summed E-state index contributed by atoms with van der Waals surface area (Å²) in [4.78, 5) is 34.2. The number of pyridine rings is 2. The molecule has 1 N–H and O–H groups in total. The van der Waals surface area contributed by atoms with Crippen LogP contribution in [-0.2, 0) is 35.2 Å². The molecule has 2 saturated heterocycles. The molecular formula is C28H34F3N5O3S. The molecule has 0 radical (unpaired) electrons. The van der Waals surface area contributed by atoms with Crippen molar-refractivity contribution in [3.8, 4) is 0 Å². The van der Waals surface area contributed by atoms with Gasteiger partial charge in [-0.3, -0.25) is 24.4 Å². The third-order valence-electron chi connectivity index (χ3n) is 8.59. The number of nitrogens with one attached hydrogen (secondary N) is 1. The van der Waals surface area contributed by atoms with Crippen LogP contribution in [0.2, 0.25) is 0 Å². The van der Waals surface area contributed by atoms with Crippen molar-refractivity contribution >= 4 is 17.7 Å². The Morgan fingerprint density at radius 2 is 1.98 bits per heavy atom. The van der Waals surface area contributed by atoms with Gasteiger partial charge in [-0.2, -0.15) is 13.2 Å². The van der Waals surface area contributed by atoms with Crippen molar-refractivity contribution in [2.24, 2.45) is 0 Å². The number of hydrogen-bond donors (Lipinski definition) is 1. The number of carbonyl (C=O) groups is 1. The molecule has 2 unspecified atom stereocenters. The van der Waals surface area contributed by atoms with E-state index in [2.05, 4.69) is 21.3 Å². The second-order valence-electron chi connectivity index (χ2n) is 11.2. The molecule has 5 heterocycles. The lowest BCUT2D eigenvalue weighted by Crippen LogP contribution is -2.49. The van der Waals surface area contributed by atoms with Gasteiger partial charge >= 0.3 is 6.18 Å². The van der Waals surface area contributed by atoms with Crippen molar-refractivity contribution in [1.82, 2.24) is 24.7 Å². The van der Waals surface area contributed by atoms with Crippen molar-refractivity contribution in [2.45, 2.75) is 67.5 Å². The number of carbonyl (C=O) groups excluding carboxylic acids is 1. The summed E-state index contributed by atoms with van der Waals surface area (Å²) in [6.45, 7) is 4.06. The first-order valence-electron chi connectivity index (χ1n) is 14.0. The van der Waals surface area contributed by atoms with Gasteiger partial charge < -0.3 is 14.6 Å². The third kappa shape index (κ3) is 5.95. The lowest BCUT2D eigenvalue weighted by Gasteiger charge is -2.31. The molecule has 2 fully saturated rings. The number of thioether (sulfide) groups is 1. The maximum Gasteiger partial charge on any atom is 0.416 e. The quantitative estimate of drug-likeness (QED) is 0.566. The summed E-state index contributed by atoms with van der Waals surface area (Å²) in [6, 6.07) is 4.18. The molecule has 0 saturated carbocycles. The Hall–Kier alpha value is -2.41. The number of ether oxygens (including phenoxy) is 1. The second-order valence-corrected chi connectivity index (χ2v) is 12.6. The number of likely N-dealkylation sites (tertiary alicyclic amines) is 1. The first-order chi connectivity index (χ1) is 19.2. The van der Waals surface area contributed by atoms with E-state index in [0.717, 1.165) is 58.1 Å². The van der Waals surface area contributed by atoms with Crippen LogP contribution < -0.4 is 10.9 Å². The highest BCUT2D eigenvalue weighted by molar-refractivity contribution is 8.00. The SMILES string of the molecule is O=C(CN1CCn2c(cc(C(F)(F)F)cc2=O)C1)NC1CN(C2CCOCC2)C[C@@H]1SC1CCc2ccncc21. The summed E-state index contributed by atoms with van der Waals surface area (Å²) in [7, 11) is 0. The molecule has 0 bridgehead atoms. The smallest absolute Gasteiger partial charge is 0.381 e. The molecular weight excluding hydrogens is 543 g/mol. The second kappa shape index (κ2) is 11.5. The van der Waals surface area contributed by atoms with Gasteiger partial charge in [0, 0.05) is 86.6 Å². The van der Waals surface area contributed by atoms with E-state index in [1.165, 1.54) is 15.7 Å². The molecule has 216 valence electrons. The minimum Gasteiger partial charge on any atom is -0.381 e. The molecule has 6 rings (SSSR count). The van der Waals surface area contributed by atoms with E-state index in [4.69, 9.17) is 4.74 Å². The van der Waals surface area contributed by atoms with Crippen molar-refractivity contribution < 1.29 is 22.7 Å². The van der Waals surface area contributed by atoms with E-state index in [1.807, 2.05) is 29.1 Å². The standard InChI is InChI=1S/C28H34F3N5O3S/c29-28(30,31)19-11-21-14-34(7-8-36(21)27(38)12-19)17-26(37)33-23-15-35(20-4-9-39-10-5-20)16-25(23)40-24-2-1-18-3-6-32-13-22(18)24/h3,6,11-13,20,23-25H,1-2,4-5,7-10,14-17H2,(H,33,37)/t23?,24?,25-/m0/s1. The van der Waals surface area contributed by atoms with Crippen LogP contribution in [0.1, 0.15) is 46.9 Å². The van der Waals surface area contributed by atoms with Crippen molar-refractivity contribution in [3.05, 3.63) is 63.3 Å². The Kier molecular flexibility index (Phi) is 7.95. The van der Waals surface area contributed by atoms with E-state index in [-0.39, 0.29) is 42.5 Å². The van der Waals surface area contributed by atoms with Gasteiger partial charge in [0.1, 0.15) is 0 Å². The first kappa shape index (κ1) is 27.7. The lowest BCUT2D eigenvalue weighted by atomic mass is 10.1. The van der Waals surface area contributed by atoms with Crippen LogP contribution in [-0.4, -0.2) is 82.0 Å². The Labute approximate surface area is 235 Å². The van der Waals surface area contributed by atoms with Gasteiger partial charge in [-0.25, -0.2) is 0 Å². The molecule has 4 aliphatic rings. The highest BCUT2D eigenvalue weighted by atomic mass is 32.2. The summed E-state index contributed by atoms with van der Waals surface area (Å²) < 4.78 is 46.7. The van der Waals surface area contributed by atoms with Gasteiger partial charge in [-0.15, -0.1) is 11.8 Å². The number of hydrogen-bond acceptors (Lipinski definition) is 7. The van der Waals surface area contributed by atoms with Crippen LogP contribution >= 0.6 is 11.8 Å². The molecule has 3 atom stereocenters. The minimum absolute atomic E-state index is 0.0300. The third-order valence-corrected chi connectivity index (χ3v) is 10.2. The molecule has 0 spiro atoms. The van der Waals surface area contributed by atoms with Crippen LogP contribution in [0, 0.1) is 0 Å². The van der Waals surface area contributed by atoms with Crippen molar-refractivity contribution in [1.29, 1.82) is 0 Å². The van der Waals surface area contributed by atoms with Crippen LogP contribution in [0.25, 0.3) is 0 Å². The fourth-order valence-electron chi connectivity index (χ4n) is 6.52. The number of fused-ring (bicyclic) bond motifs is 2. The zero-order valence-electron chi connectivity index (χ0n) is 22.2. The molecule has 2 aromatic heterocycles. The van der Waals surface area contributed by atoms with Gasteiger partial charge in [0.05, 0.1) is 18.2 Å². The van der Waals surface area contributed by atoms with Gasteiger partial charge in [0.2, 0.25) is 5.91 Å².